The Balaban J connectivity index is 1.63. The first-order chi connectivity index (χ1) is 12.0. The van der Waals surface area contributed by atoms with E-state index in [2.05, 4.69) is 24.1 Å². The van der Waals surface area contributed by atoms with Crippen molar-refractivity contribution in [1.82, 2.24) is 15.1 Å². The molecule has 1 aromatic carbocycles. The van der Waals surface area contributed by atoms with Crippen LogP contribution in [-0.2, 0) is 16.1 Å². The van der Waals surface area contributed by atoms with Crippen molar-refractivity contribution < 1.29 is 9.59 Å². The molecule has 5 heteroatoms. The Kier molecular flexibility index (Phi) is 5.42. The van der Waals surface area contributed by atoms with E-state index in [0.29, 0.717) is 13.1 Å². The van der Waals surface area contributed by atoms with Crippen LogP contribution in [-0.4, -0.2) is 52.8 Å². The quantitative estimate of drug-likeness (QED) is 0.891. The molecule has 1 unspecified atom stereocenters. The normalized spacial score (nSPS) is 24.3. The van der Waals surface area contributed by atoms with Gasteiger partial charge >= 0.3 is 0 Å². The Morgan fingerprint density at radius 2 is 1.84 bits per heavy atom. The van der Waals surface area contributed by atoms with E-state index in [4.69, 9.17) is 0 Å². The first kappa shape index (κ1) is 17.9. The lowest BCUT2D eigenvalue weighted by Gasteiger charge is -2.45. The zero-order valence-electron chi connectivity index (χ0n) is 15.3. The van der Waals surface area contributed by atoms with Crippen LogP contribution in [0.4, 0.5) is 0 Å². The van der Waals surface area contributed by atoms with Crippen LogP contribution in [0.5, 0.6) is 0 Å². The number of carbonyl (C=O) groups is 2. The van der Waals surface area contributed by atoms with Crippen LogP contribution in [0.2, 0.25) is 0 Å². The lowest BCUT2D eigenvalue weighted by Crippen LogP contribution is -2.62. The molecule has 2 heterocycles. The van der Waals surface area contributed by atoms with Crippen molar-refractivity contribution >= 4 is 11.8 Å². The molecule has 0 radical (unpaired) electrons. The molecule has 2 amide bonds. The summed E-state index contributed by atoms with van der Waals surface area (Å²) in [7, 11) is 0. The minimum atomic E-state index is -0.452. The number of likely N-dealkylation sites (tertiary alicyclic amines) is 2. The summed E-state index contributed by atoms with van der Waals surface area (Å²) < 4.78 is 0. The van der Waals surface area contributed by atoms with E-state index in [-0.39, 0.29) is 17.9 Å². The Labute approximate surface area is 150 Å². The van der Waals surface area contributed by atoms with Crippen LogP contribution >= 0.6 is 0 Å². The largest absolute Gasteiger partial charge is 0.351 e. The average Bonchev–Trinajstić information content (AvgIpc) is 2.99. The third-order valence-electron chi connectivity index (χ3n) is 5.56. The number of benzene rings is 1. The van der Waals surface area contributed by atoms with E-state index in [1.165, 1.54) is 0 Å². The number of amides is 2. The Morgan fingerprint density at radius 1 is 1.16 bits per heavy atom. The van der Waals surface area contributed by atoms with Crippen molar-refractivity contribution in [2.24, 2.45) is 0 Å². The van der Waals surface area contributed by atoms with Crippen LogP contribution in [0.1, 0.15) is 45.1 Å². The smallest absolute Gasteiger partial charge is 0.243 e. The summed E-state index contributed by atoms with van der Waals surface area (Å²) in [6.07, 6.45) is 3.76. The highest BCUT2D eigenvalue weighted by Crippen LogP contribution is 2.38. The van der Waals surface area contributed by atoms with Gasteiger partial charge in [0.05, 0.1) is 6.54 Å². The summed E-state index contributed by atoms with van der Waals surface area (Å²) >= 11 is 0. The molecule has 2 aliphatic heterocycles. The molecule has 0 aliphatic carbocycles. The van der Waals surface area contributed by atoms with Gasteiger partial charge in [-0.2, -0.15) is 0 Å². The SMILES string of the molecule is CC(C)N1CCCC2(CCCN2CC(=O)NCc2ccccc2)C1=O. The molecular weight excluding hydrogens is 314 g/mol. The molecule has 1 atom stereocenters. The molecule has 2 saturated heterocycles. The molecular formula is C20H29N3O2. The second-order valence-corrected chi connectivity index (χ2v) is 7.51. The van der Waals surface area contributed by atoms with Crippen LogP contribution in [0.25, 0.3) is 0 Å². The Hall–Kier alpha value is -1.88. The molecule has 136 valence electrons. The fraction of sp³-hybridized carbons (Fsp3) is 0.600. The number of rotatable bonds is 5. The maximum absolute atomic E-state index is 13.1. The van der Waals surface area contributed by atoms with Gasteiger partial charge in [-0.05, 0) is 51.6 Å². The summed E-state index contributed by atoms with van der Waals surface area (Å²) in [5.74, 6) is 0.224. The minimum Gasteiger partial charge on any atom is -0.351 e. The number of hydrogen-bond acceptors (Lipinski definition) is 3. The summed E-state index contributed by atoms with van der Waals surface area (Å²) in [4.78, 5) is 29.7. The molecule has 0 aromatic heterocycles. The summed E-state index contributed by atoms with van der Waals surface area (Å²) in [6, 6.07) is 10.1. The molecule has 0 bridgehead atoms. The average molecular weight is 343 g/mol. The predicted molar refractivity (Wildman–Crippen MR) is 97.9 cm³/mol. The van der Waals surface area contributed by atoms with Crippen molar-refractivity contribution in [3.8, 4) is 0 Å². The maximum atomic E-state index is 13.1. The van der Waals surface area contributed by atoms with E-state index >= 15 is 0 Å². The number of nitrogens with zero attached hydrogens (tertiary/aromatic N) is 2. The van der Waals surface area contributed by atoms with Gasteiger partial charge in [-0.25, -0.2) is 0 Å². The molecule has 2 fully saturated rings. The summed E-state index contributed by atoms with van der Waals surface area (Å²) in [5.41, 5.74) is 0.638. The van der Waals surface area contributed by atoms with Crippen LogP contribution in [0.3, 0.4) is 0 Å². The van der Waals surface area contributed by atoms with Gasteiger partial charge in [0.2, 0.25) is 11.8 Å². The van der Waals surface area contributed by atoms with Gasteiger partial charge in [0, 0.05) is 19.1 Å². The molecule has 0 saturated carbocycles. The molecule has 3 rings (SSSR count). The second-order valence-electron chi connectivity index (χ2n) is 7.51. The fourth-order valence-electron chi connectivity index (χ4n) is 4.23. The van der Waals surface area contributed by atoms with Gasteiger partial charge in [-0.3, -0.25) is 14.5 Å². The van der Waals surface area contributed by atoms with Crippen molar-refractivity contribution in [3.05, 3.63) is 35.9 Å². The van der Waals surface area contributed by atoms with Crippen molar-refractivity contribution in [2.75, 3.05) is 19.6 Å². The lowest BCUT2D eigenvalue weighted by atomic mass is 9.84. The van der Waals surface area contributed by atoms with Crippen LogP contribution in [0.15, 0.2) is 30.3 Å². The lowest BCUT2D eigenvalue weighted by molar-refractivity contribution is -0.150. The topological polar surface area (TPSA) is 52.6 Å². The Bertz CT molecular complexity index is 617. The van der Waals surface area contributed by atoms with Crippen LogP contribution < -0.4 is 5.32 Å². The molecule has 1 aromatic rings. The standard InChI is InChI=1S/C20H29N3O2/c1-16(2)23-13-7-11-20(19(23)25)10-6-12-22(20)15-18(24)21-14-17-8-4-3-5-9-17/h3-5,8-9,16H,6-7,10-15H2,1-2H3,(H,21,24). The first-order valence-electron chi connectivity index (χ1n) is 9.40. The maximum Gasteiger partial charge on any atom is 0.243 e. The number of nitrogens with one attached hydrogen (secondary N) is 1. The van der Waals surface area contributed by atoms with Gasteiger partial charge in [-0.15, -0.1) is 0 Å². The summed E-state index contributed by atoms with van der Waals surface area (Å²) in [6.45, 7) is 6.66. The van der Waals surface area contributed by atoms with E-state index in [1.54, 1.807) is 0 Å². The van der Waals surface area contributed by atoms with Gasteiger partial charge in [-0.1, -0.05) is 30.3 Å². The number of carbonyl (C=O) groups excluding carboxylic acids is 2. The van der Waals surface area contributed by atoms with Gasteiger partial charge < -0.3 is 10.2 Å². The third-order valence-corrected chi connectivity index (χ3v) is 5.56. The third kappa shape index (κ3) is 3.71. The highest BCUT2D eigenvalue weighted by Gasteiger charge is 2.51. The molecule has 25 heavy (non-hydrogen) atoms. The zero-order valence-corrected chi connectivity index (χ0v) is 15.3. The second kappa shape index (κ2) is 7.56. The molecule has 1 spiro atoms. The monoisotopic (exact) mass is 343 g/mol. The first-order valence-corrected chi connectivity index (χ1v) is 9.40. The van der Waals surface area contributed by atoms with Crippen molar-refractivity contribution in [3.63, 3.8) is 0 Å². The highest BCUT2D eigenvalue weighted by atomic mass is 16.2. The van der Waals surface area contributed by atoms with E-state index < -0.39 is 5.54 Å². The van der Waals surface area contributed by atoms with Crippen LogP contribution in [0, 0.1) is 0 Å². The predicted octanol–water partition coefficient (Wildman–Crippen LogP) is 2.17. The molecule has 2 aliphatic rings. The van der Waals surface area contributed by atoms with Crippen molar-refractivity contribution in [2.45, 2.75) is 57.7 Å². The number of piperidine rings is 1. The summed E-state index contributed by atoms with van der Waals surface area (Å²) in [5, 5.41) is 2.99. The van der Waals surface area contributed by atoms with Gasteiger partial charge in [0.1, 0.15) is 5.54 Å². The Morgan fingerprint density at radius 3 is 2.52 bits per heavy atom. The van der Waals surface area contributed by atoms with E-state index in [1.807, 2.05) is 35.2 Å². The fourth-order valence-corrected chi connectivity index (χ4v) is 4.23. The van der Waals surface area contributed by atoms with Crippen molar-refractivity contribution in [1.29, 1.82) is 0 Å². The number of hydrogen-bond donors (Lipinski definition) is 1. The highest BCUT2D eigenvalue weighted by molar-refractivity contribution is 5.89. The molecule has 1 N–H and O–H groups in total. The zero-order chi connectivity index (χ0) is 17.9. The van der Waals surface area contributed by atoms with Gasteiger partial charge in [0.15, 0.2) is 0 Å². The molecule has 5 nitrogen and oxygen atoms in total. The minimum absolute atomic E-state index is 0.000372. The van der Waals surface area contributed by atoms with Gasteiger partial charge in [0.25, 0.3) is 0 Å². The van der Waals surface area contributed by atoms with E-state index in [9.17, 15) is 9.59 Å². The van der Waals surface area contributed by atoms with E-state index in [0.717, 1.165) is 44.3 Å².